The van der Waals surface area contributed by atoms with Gasteiger partial charge < -0.3 is 14.1 Å². The quantitative estimate of drug-likeness (QED) is 0.115. The first-order valence-corrected chi connectivity index (χ1v) is 19.7. The van der Waals surface area contributed by atoms with Crippen molar-refractivity contribution in [2.75, 3.05) is 13.7 Å². The Kier molecular flexibility index (Phi) is 11.8. The lowest BCUT2D eigenvalue weighted by Crippen LogP contribution is -2.67. The van der Waals surface area contributed by atoms with Crippen molar-refractivity contribution in [1.82, 2.24) is 4.90 Å². The molecule has 0 bridgehead atoms. The van der Waals surface area contributed by atoms with Gasteiger partial charge in [-0.1, -0.05) is 143 Å². The molecule has 5 rings (SSSR count). The fourth-order valence-corrected chi connectivity index (χ4v) is 12.6. The zero-order chi connectivity index (χ0) is 35.3. The monoisotopic (exact) mass is 715 g/mol. The van der Waals surface area contributed by atoms with E-state index in [0.29, 0.717) is 29.5 Å². The molecule has 49 heavy (non-hydrogen) atoms. The zero-order valence-corrected chi connectivity index (χ0v) is 31.7. The number of esters is 1. The Bertz CT molecular complexity index is 1670. The van der Waals surface area contributed by atoms with E-state index in [1.807, 2.05) is 59.5 Å². The van der Waals surface area contributed by atoms with Gasteiger partial charge in [0.05, 0.1) is 37.6 Å². The lowest BCUT2D eigenvalue weighted by atomic mass is 9.71. The van der Waals surface area contributed by atoms with Crippen LogP contribution in [0.4, 0.5) is 0 Å². The molecule has 0 saturated carbocycles. The molecule has 0 aromatic heterocycles. The number of hydrogen-bond donors (Lipinski definition) is 0. The Labute approximate surface area is 302 Å². The maximum absolute atomic E-state index is 15.0. The van der Waals surface area contributed by atoms with Crippen LogP contribution in [-0.2, 0) is 18.8 Å². The maximum Gasteiger partial charge on any atom is 0.309 e. The first kappa shape index (κ1) is 36.8. The van der Waals surface area contributed by atoms with E-state index in [-0.39, 0.29) is 28.9 Å². The number of carbonyl (C=O) groups is 2. The molecule has 8 heteroatoms. The van der Waals surface area contributed by atoms with Crippen molar-refractivity contribution < 1.29 is 18.8 Å². The largest absolute Gasteiger partial charge is 0.469 e. The van der Waals surface area contributed by atoms with Gasteiger partial charge in [-0.3, -0.25) is 9.59 Å². The van der Waals surface area contributed by atoms with Crippen molar-refractivity contribution in [2.24, 2.45) is 11.8 Å². The summed E-state index contributed by atoms with van der Waals surface area (Å²) >= 11 is 13.0. The van der Waals surface area contributed by atoms with E-state index < -0.39 is 26.1 Å². The fourth-order valence-electron chi connectivity index (χ4n) is 7.69. The third kappa shape index (κ3) is 7.53. The van der Waals surface area contributed by atoms with Crippen molar-refractivity contribution in [3.8, 4) is 0 Å². The first-order chi connectivity index (χ1) is 23.4. The number of halogens is 2. The van der Waals surface area contributed by atoms with E-state index in [1.54, 1.807) is 6.92 Å². The summed E-state index contributed by atoms with van der Waals surface area (Å²) in [6.45, 7) is 11.0. The molecule has 0 radical (unpaired) electrons. The Morgan fingerprint density at radius 1 is 0.857 bits per heavy atom. The molecule has 4 aromatic rings. The Hall–Kier alpha value is -3.42. The summed E-state index contributed by atoms with van der Waals surface area (Å²) in [7, 11) is -1.54. The highest BCUT2D eigenvalue weighted by Gasteiger charge is 2.52. The van der Waals surface area contributed by atoms with Gasteiger partial charge in [-0.2, -0.15) is 0 Å². The number of benzene rings is 4. The van der Waals surface area contributed by atoms with Gasteiger partial charge in [-0.05, 0) is 63.6 Å². The van der Waals surface area contributed by atoms with E-state index >= 15 is 0 Å². The molecule has 5 atom stereocenters. The standard InChI is InChI=1S/C41H47Cl2NO4Si/c1-7-33(27-48-49(41(3,4)5,34-17-10-8-11-18-34)35-19-12-9-13-20-35)44-38(29-21-23-31(42)24-22-29)37(30-15-14-16-32(43)25-30)26-36(39(44)45)28(2)40(46)47-6/h8-25,28,33,36-38H,7,26-27H2,1-6H3/t28-,33-,36?,37+,38+/m0/s1. The van der Waals surface area contributed by atoms with Gasteiger partial charge in [-0.15, -0.1) is 0 Å². The van der Waals surface area contributed by atoms with Crippen LogP contribution in [0.3, 0.4) is 0 Å². The van der Waals surface area contributed by atoms with E-state index in [9.17, 15) is 9.59 Å². The van der Waals surface area contributed by atoms with Crippen molar-refractivity contribution in [2.45, 2.75) is 70.5 Å². The number of ether oxygens (including phenoxy) is 1. The van der Waals surface area contributed by atoms with Crippen LogP contribution in [0, 0.1) is 11.8 Å². The van der Waals surface area contributed by atoms with Gasteiger partial charge >= 0.3 is 5.97 Å². The topological polar surface area (TPSA) is 55.8 Å². The number of methoxy groups -OCH3 is 1. The zero-order valence-electron chi connectivity index (χ0n) is 29.2. The van der Waals surface area contributed by atoms with Gasteiger partial charge in [0.15, 0.2) is 0 Å². The highest BCUT2D eigenvalue weighted by Crippen LogP contribution is 2.49. The highest BCUT2D eigenvalue weighted by molar-refractivity contribution is 6.99. The number of hydrogen-bond acceptors (Lipinski definition) is 4. The van der Waals surface area contributed by atoms with Crippen LogP contribution in [0.15, 0.2) is 109 Å². The number of carbonyl (C=O) groups excluding carboxylic acids is 2. The Balaban J connectivity index is 1.67. The van der Waals surface area contributed by atoms with Crippen molar-refractivity contribution >= 4 is 53.8 Å². The van der Waals surface area contributed by atoms with Gasteiger partial charge in [0.1, 0.15) is 0 Å². The summed E-state index contributed by atoms with van der Waals surface area (Å²) in [5.74, 6) is -1.86. The number of amides is 1. The Morgan fingerprint density at radius 2 is 1.45 bits per heavy atom. The van der Waals surface area contributed by atoms with E-state index in [0.717, 1.165) is 11.1 Å². The molecule has 1 aliphatic rings. The minimum Gasteiger partial charge on any atom is -0.469 e. The molecule has 1 amide bonds. The van der Waals surface area contributed by atoms with E-state index in [1.165, 1.54) is 17.5 Å². The number of piperidine rings is 1. The van der Waals surface area contributed by atoms with E-state index in [4.69, 9.17) is 32.4 Å². The second-order valence-corrected chi connectivity index (χ2v) is 19.3. The molecule has 1 aliphatic heterocycles. The number of rotatable bonds is 11. The molecule has 1 saturated heterocycles. The minimum atomic E-state index is -2.92. The second-order valence-electron chi connectivity index (χ2n) is 14.1. The SMILES string of the molecule is CC[C@@H](CO[Si](c1ccccc1)(c1ccccc1)C(C)(C)C)N1C(=O)C([C@H](C)C(=O)OC)C[C@H](c2cccc(Cl)c2)[C@H]1c1ccc(Cl)cc1. The smallest absolute Gasteiger partial charge is 0.309 e. The van der Waals surface area contributed by atoms with Crippen LogP contribution in [0.2, 0.25) is 15.1 Å². The number of nitrogens with zero attached hydrogens (tertiary/aromatic N) is 1. The summed E-state index contributed by atoms with van der Waals surface area (Å²) in [5.41, 5.74) is 1.98. The average molecular weight is 717 g/mol. The number of likely N-dealkylation sites (tertiary alicyclic amines) is 1. The summed E-state index contributed by atoms with van der Waals surface area (Å²) in [6.07, 6.45) is 1.11. The van der Waals surface area contributed by atoms with Crippen LogP contribution < -0.4 is 10.4 Å². The van der Waals surface area contributed by atoms with Crippen LogP contribution in [0.5, 0.6) is 0 Å². The molecule has 0 N–H and O–H groups in total. The summed E-state index contributed by atoms with van der Waals surface area (Å²) in [6, 6.07) is 36.0. The normalized spacial score (nSPS) is 19.7. The van der Waals surface area contributed by atoms with Crippen LogP contribution in [0.25, 0.3) is 0 Å². The summed E-state index contributed by atoms with van der Waals surface area (Å²) in [5, 5.41) is 3.36. The van der Waals surface area contributed by atoms with Crippen LogP contribution >= 0.6 is 23.2 Å². The molecular weight excluding hydrogens is 669 g/mol. The molecular formula is C41H47Cl2NO4Si. The van der Waals surface area contributed by atoms with Crippen molar-refractivity contribution in [3.05, 3.63) is 130 Å². The molecule has 1 heterocycles. The lowest BCUT2D eigenvalue weighted by Gasteiger charge is -2.50. The molecule has 1 fully saturated rings. The summed E-state index contributed by atoms with van der Waals surface area (Å²) in [4.78, 5) is 30.0. The van der Waals surface area contributed by atoms with Gasteiger partial charge in [0, 0.05) is 16.0 Å². The highest BCUT2D eigenvalue weighted by atomic mass is 35.5. The molecule has 0 spiro atoms. The molecule has 5 nitrogen and oxygen atoms in total. The molecule has 1 unspecified atom stereocenters. The lowest BCUT2D eigenvalue weighted by molar-refractivity contribution is -0.159. The average Bonchev–Trinajstić information content (AvgIpc) is 3.10. The minimum absolute atomic E-state index is 0.0750. The Morgan fingerprint density at radius 3 is 1.96 bits per heavy atom. The van der Waals surface area contributed by atoms with Gasteiger partial charge in [-0.25, -0.2) is 0 Å². The van der Waals surface area contributed by atoms with Crippen LogP contribution in [-0.4, -0.2) is 44.9 Å². The predicted molar refractivity (Wildman–Crippen MR) is 202 cm³/mol. The molecule has 4 aromatic carbocycles. The second kappa shape index (κ2) is 15.6. The molecule has 0 aliphatic carbocycles. The van der Waals surface area contributed by atoms with Gasteiger partial charge in [0.25, 0.3) is 8.32 Å². The fraction of sp³-hybridized carbons (Fsp3) is 0.366. The summed E-state index contributed by atoms with van der Waals surface area (Å²) < 4.78 is 12.6. The van der Waals surface area contributed by atoms with E-state index in [2.05, 4.69) is 82.3 Å². The first-order valence-electron chi connectivity index (χ1n) is 17.1. The third-order valence-electron chi connectivity index (χ3n) is 10.2. The van der Waals surface area contributed by atoms with Crippen LogP contribution in [0.1, 0.15) is 70.5 Å². The van der Waals surface area contributed by atoms with Crippen molar-refractivity contribution in [3.63, 3.8) is 0 Å². The maximum atomic E-state index is 15.0. The van der Waals surface area contributed by atoms with Crippen molar-refractivity contribution in [1.29, 1.82) is 0 Å². The predicted octanol–water partition coefficient (Wildman–Crippen LogP) is 8.83. The van der Waals surface area contributed by atoms with Gasteiger partial charge in [0.2, 0.25) is 5.91 Å². The third-order valence-corrected chi connectivity index (χ3v) is 15.7. The molecule has 258 valence electrons.